The molecule has 3 nitrogen and oxygen atoms in total. The average molecular weight is 284 g/mol. The zero-order valence-corrected chi connectivity index (χ0v) is 12.8. The van der Waals surface area contributed by atoms with Crippen LogP contribution in [0.4, 0.5) is 0 Å². The molecule has 0 aliphatic heterocycles. The van der Waals surface area contributed by atoms with E-state index in [2.05, 4.69) is 48.7 Å². The van der Waals surface area contributed by atoms with Gasteiger partial charge in [-0.2, -0.15) is 0 Å². The van der Waals surface area contributed by atoms with Gasteiger partial charge < -0.3 is 4.74 Å². The summed E-state index contributed by atoms with van der Waals surface area (Å²) in [5, 5.41) is 0. The topological polar surface area (TPSA) is 47.3 Å². The first kappa shape index (κ1) is 15.5. The van der Waals surface area contributed by atoms with E-state index in [9.17, 15) is 0 Å². The third-order valence-electron chi connectivity index (χ3n) is 3.51. The van der Waals surface area contributed by atoms with Crippen molar-refractivity contribution in [3.05, 3.63) is 65.2 Å². The van der Waals surface area contributed by atoms with E-state index in [-0.39, 0.29) is 6.04 Å². The van der Waals surface area contributed by atoms with Crippen molar-refractivity contribution in [1.82, 2.24) is 5.43 Å². The minimum Gasteiger partial charge on any atom is -0.494 e. The van der Waals surface area contributed by atoms with Gasteiger partial charge in [-0.25, -0.2) is 5.43 Å². The quantitative estimate of drug-likeness (QED) is 0.603. The lowest BCUT2D eigenvalue weighted by atomic mass is 9.96. The molecule has 0 radical (unpaired) electrons. The van der Waals surface area contributed by atoms with Crippen LogP contribution in [0, 0.1) is 0 Å². The van der Waals surface area contributed by atoms with Crippen LogP contribution >= 0.6 is 0 Å². The molecule has 0 aliphatic rings. The number of ether oxygens (including phenoxy) is 1. The van der Waals surface area contributed by atoms with Crippen molar-refractivity contribution in [2.75, 3.05) is 6.61 Å². The van der Waals surface area contributed by atoms with Gasteiger partial charge in [0, 0.05) is 0 Å². The summed E-state index contributed by atoms with van der Waals surface area (Å²) >= 11 is 0. The van der Waals surface area contributed by atoms with Gasteiger partial charge in [0.05, 0.1) is 12.6 Å². The maximum atomic E-state index is 5.78. The Morgan fingerprint density at radius 2 is 1.81 bits per heavy atom. The monoisotopic (exact) mass is 284 g/mol. The number of hydrazine groups is 1. The van der Waals surface area contributed by atoms with Crippen LogP contribution in [0.5, 0.6) is 5.75 Å². The Morgan fingerprint density at radius 1 is 1.05 bits per heavy atom. The van der Waals surface area contributed by atoms with Crippen LogP contribution in [0.1, 0.15) is 43.0 Å². The summed E-state index contributed by atoms with van der Waals surface area (Å²) in [6.07, 6.45) is 2.24. The SMILES string of the molecule is CCCc1cccc(C(NN)c2ccc(OCC)cc2)c1. The Bertz CT molecular complexity index is 551. The van der Waals surface area contributed by atoms with Gasteiger partial charge >= 0.3 is 0 Å². The lowest BCUT2D eigenvalue weighted by Crippen LogP contribution is -2.28. The molecule has 2 rings (SSSR count). The van der Waals surface area contributed by atoms with Crippen LogP contribution in [-0.2, 0) is 6.42 Å². The van der Waals surface area contributed by atoms with E-state index in [0.717, 1.165) is 24.2 Å². The number of aryl methyl sites for hydroxylation is 1. The predicted octanol–water partition coefficient (Wildman–Crippen LogP) is 3.59. The standard InChI is InChI=1S/C18H24N2O/c1-3-6-14-7-5-8-16(13-14)18(20-19)15-9-11-17(12-10-15)21-4-2/h5,7-13,18,20H,3-4,6,19H2,1-2H3. The van der Waals surface area contributed by atoms with E-state index >= 15 is 0 Å². The van der Waals surface area contributed by atoms with Gasteiger partial charge in [0.15, 0.2) is 0 Å². The molecule has 0 aliphatic carbocycles. The van der Waals surface area contributed by atoms with Crippen LogP contribution in [0.15, 0.2) is 48.5 Å². The first-order chi connectivity index (χ1) is 10.3. The molecule has 0 aromatic heterocycles. The number of rotatable bonds is 7. The molecule has 3 heteroatoms. The van der Waals surface area contributed by atoms with Gasteiger partial charge in [0.25, 0.3) is 0 Å². The zero-order valence-electron chi connectivity index (χ0n) is 12.8. The van der Waals surface area contributed by atoms with E-state index in [4.69, 9.17) is 10.6 Å². The smallest absolute Gasteiger partial charge is 0.119 e. The summed E-state index contributed by atoms with van der Waals surface area (Å²) in [7, 11) is 0. The molecule has 1 atom stereocenters. The van der Waals surface area contributed by atoms with Crippen LogP contribution < -0.4 is 16.0 Å². The predicted molar refractivity (Wildman–Crippen MR) is 87.2 cm³/mol. The molecule has 0 bridgehead atoms. The molecule has 3 N–H and O–H groups in total. The van der Waals surface area contributed by atoms with Crippen molar-refractivity contribution in [1.29, 1.82) is 0 Å². The molecule has 21 heavy (non-hydrogen) atoms. The minimum absolute atomic E-state index is 0.00233. The summed E-state index contributed by atoms with van der Waals surface area (Å²) in [5.41, 5.74) is 6.58. The Balaban J connectivity index is 2.24. The normalized spacial score (nSPS) is 12.1. The van der Waals surface area contributed by atoms with E-state index in [1.807, 2.05) is 19.1 Å². The lowest BCUT2D eigenvalue weighted by molar-refractivity contribution is 0.340. The second kappa shape index (κ2) is 7.81. The molecule has 1 unspecified atom stereocenters. The summed E-state index contributed by atoms with van der Waals surface area (Å²) in [6.45, 7) is 4.85. The largest absolute Gasteiger partial charge is 0.494 e. The van der Waals surface area contributed by atoms with Crippen LogP contribution in [0.25, 0.3) is 0 Å². The van der Waals surface area contributed by atoms with Crippen molar-refractivity contribution >= 4 is 0 Å². The van der Waals surface area contributed by atoms with E-state index in [0.29, 0.717) is 6.61 Å². The number of benzene rings is 2. The number of hydrogen-bond acceptors (Lipinski definition) is 3. The highest BCUT2D eigenvalue weighted by Gasteiger charge is 2.12. The van der Waals surface area contributed by atoms with Gasteiger partial charge in [0.2, 0.25) is 0 Å². The molecule has 2 aromatic carbocycles. The van der Waals surface area contributed by atoms with Crippen LogP contribution in [0.2, 0.25) is 0 Å². The van der Waals surface area contributed by atoms with E-state index in [1.54, 1.807) is 0 Å². The summed E-state index contributed by atoms with van der Waals surface area (Å²) in [6, 6.07) is 16.7. The second-order valence-electron chi connectivity index (χ2n) is 5.10. The van der Waals surface area contributed by atoms with Crippen molar-refractivity contribution in [3.8, 4) is 5.75 Å². The summed E-state index contributed by atoms with van der Waals surface area (Å²) < 4.78 is 5.48. The molecule has 0 saturated carbocycles. The Hall–Kier alpha value is -1.84. The first-order valence-corrected chi connectivity index (χ1v) is 7.56. The Morgan fingerprint density at radius 3 is 2.43 bits per heavy atom. The Labute approximate surface area is 127 Å². The minimum atomic E-state index is -0.00233. The highest BCUT2D eigenvalue weighted by molar-refractivity contribution is 5.37. The summed E-state index contributed by atoms with van der Waals surface area (Å²) in [4.78, 5) is 0. The molecule has 0 amide bonds. The van der Waals surface area contributed by atoms with Gasteiger partial charge in [0.1, 0.15) is 5.75 Å². The molecular formula is C18H24N2O. The number of hydrogen-bond donors (Lipinski definition) is 2. The van der Waals surface area contributed by atoms with Crippen molar-refractivity contribution in [2.24, 2.45) is 5.84 Å². The highest BCUT2D eigenvalue weighted by atomic mass is 16.5. The molecular weight excluding hydrogens is 260 g/mol. The maximum Gasteiger partial charge on any atom is 0.119 e. The summed E-state index contributed by atoms with van der Waals surface area (Å²) in [5.74, 6) is 6.66. The van der Waals surface area contributed by atoms with Crippen LogP contribution in [-0.4, -0.2) is 6.61 Å². The van der Waals surface area contributed by atoms with Crippen molar-refractivity contribution in [2.45, 2.75) is 32.7 Å². The fraction of sp³-hybridized carbons (Fsp3) is 0.333. The van der Waals surface area contributed by atoms with Gasteiger partial charge in [-0.15, -0.1) is 0 Å². The molecule has 0 heterocycles. The number of nitrogens with one attached hydrogen (secondary N) is 1. The number of nitrogens with two attached hydrogens (primary N) is 1. The van der Waals surface area contributed by atoms with E-state index < -0.39 is 0 Å². The Kier molecular flexibility index (Phi) is 5.78. The fourth-order valence-corrected chi connectivity index (χ4v) is 2.52. The van der Waals surface area contributed by atoms with Crippen molar-refractivity contribution in [3.63, 3.8) is 0 Å². The second-order valence-corrected chi connectivity index (χ2v) is 5.10. The van der Waals surface area contributed by atoms with Crippen LogP contribution in [0.3, 0.4) is 0 Å². The molecule has 2 aromatic rings. The first-order valence-electron chi connectivity index (χ1n) is 7.56. The van der Waals surface area contributed by atoms with Gasteiger partial charge in [-0.3, -0.25) is 5.84 Å². The zero-order chi connectivity index (χ0) is 15.1. The molecule has 0 fully saturated rings. The maximum absolute atomic E-state index is 5.78. The lowest BCUT2D eigenvalue weighted by Gasteiger charge is -2.18. The van der Waals surface area contributed by atoms with Gasteiger partial charge in [-0.1, -0.05) is 49.7 Å². The average Bonchev–Trinajstić information content (AvgIpc) is 2.51. The van der Waals surface area contributed by atoms with Gasteiger partial charge in [-0.05, 0) is 42.2 Å². The highest BCUT2D eigenvalue weighted by Crippen LogP contribution is 2.24. The molecule has 0 spiro atoms. The van der Waals surface area contributed by atoms with Crippen molar-refractivity contribution < 1.29 is 4.74 Å². The van der Waals surface area contributed by atoms with E-state index in [1.165, 1.54) is 11.1 Å². The fourth-order valence-electron chi connectivity index (χ4n) is 2.52. The third-order valence-corrected chi connectivity index (χ3v) is 3.51. The molecule has 112 valence electrons. The molecule has 0 saturated heterocycles. The third kappa shape index (κ3) is 4.06.